The number of aromatic nitrogens is 2. The molecule has 0 saturated heterocycles. The first-order chi connectivity index (χ1) is 7.36. The standard InChI is InChI=1S/C12H8N2O/c15-11-10-4-2-1-3-9(10)5-7-14-8-6-13-12(11)14/h1-8H. The van der Waals surface area contributed by atoms with E-state index in [9.17, 15) is 4.79 Å². The van der Waals surface area contributed by atoms with Gasteiger partial charge < -0.3 is 4.40 Å². The van der Waals surface area contributed by atoms with Crippen LogP contribution in [0.15, 0.2) is 53.7 Å². The van der Waals surface area contributed by atoms with E-state index in [4.69, 9.17) is 0 Å². The van der Waals surface area contributed by atoms with Crippen molar-refractivity contribution in [2.75, 3.05) is 0 Å². The molecule has 3 nitrogen and oxygen atoms in total. The van der Waals surface area contributed by atoms with Gasteiger partial charge in [-0.05, 0) is 11.5 Å². The van der Waals surface area contributed by atoms with Gasteiger partial charge in [0.15, 0.2) is 5.65 Å². The van der Waals surface area contributed by atoms with Gasteiger partial charge in [0.05, 0.1) is 0 Å². The summed E-state index contributed by atoms with van der Waals surface area (Å²) in [5, 5.41) is 1.65. The van der Waals surface area contributed by atoms with Crippen molar-refractivity contribution in [3.8, 4) is 0 Å². The van der Waals surface area contributed by atoms with E-state index in [2.05, 4.69) is 4.98 Å². The fourth-order valence-corrected chi connectivity index (χ4v) is 1.74. The maximum atomic E-state index is 12.1. The molecule has 2 heterocycles. The predicted molar refractivity (Wildman–Crippen MR) is 59.0 cm³/mol. The smallest absolute Gasteiger partial charge is 0.229 e. The molecule has 1 aromatic carbocycles. The van der Waals surface area contributed by atoms with Crippen LogP contribution < -0.4 is 5.43 Å². The molecule has 3 aromatic rings. The van der Waals surface area contributed by atoms with Gasteiger partial charge in [-0.3, -0.25) is 4.79 Å². The first-order valence-electron chi connectivity index (χ1n) is 4.71. The lowest BCUT2D eigenvalue weighted by Gasteiger charge is -1.87. The summed E-state index contributed by atoms with van der Waals surface area (Å²) in [5.74, 6) is 0. The molecular weight excluding hydrogens is 188 g/mol. The van der Waals surface area contributed by atoms with Gasteiger partial charge in [0, 0.05) is 24.0 Å². The highest BCUT2D eigenvalue weighted by atomic mass is 16.1. The number of hydrogen-bond acceptors (Lipinski definition) is 2. The fourth-order valence-electron chi connectivity index (χ4n) is 1.74. The van der Waals surface area contributed by atoms with E-state index in [-0.39, 0.29) is 5.43 Å². The van der Waals surface area contributed by atoms with Gasteiger partial charge in [-0.2, -0.15) is 0 Å². The minimum absolute atomic E-state index is 0.0272. The molecule has 0 aliphatic rings. The van der Waals surface area contributed by atoms with Crippen molar-refractivity contribution >= 4 is 16.4 Å². The molecular formula is C12H8N2O. The lowest BCUT2D eigenvalue weighted by atomic mass is 10.2. The summed E-state index contributed by atoms with van der Waals surface area (Å²) in [6.45, 7) is 0. The SMILES string of the molecule is O=c1c2ccccc2ccn2ccnc12. The Kier molecular flexibility index (Phi) is 1.59. The Labute approximate surface area is 85.6 Å². The van der Waals surface area contributed by atoms with Crippen LogP contribution in [0, 0.1) is 0 Å². The number of imidazole rings is 1. The second-order valence-corrected chi connectivity index (χ2v) is 3.39. The van der Waals surface area contributed by atoms with E-state index in [0.717, 1.165) is 5.39 Å². The molecule has 0 saturated carbocycles. The topological polar surface area (TPSA) is 34.4 Å². The monoisotopic (exact) mass is 196 g/mol. The highest BCUT2D eigenvalue weighted by molar-refractivity contribution is 5.83. The first-order valence-corrected chi connectivity index (χ1v) is 4.71. The summed E-state index contributed by atoms with van der Waals surface area (Å²) in [4.78, 5) is 16.1. The van der Waals surface area contributed by atoms with Crippen molar-refractivity contribution in [2.45, 2.75) is 0 Å². The van der Waals surface area contributed by atoms with E-state index < -0.39 is 0 Å². The van der Waals surface area contributed by atoms with Crippen molar-refractivity contribution in [3.63, 3.8) is 0 Å². The number of rotatable bonds is 0. The average molecular weight is 196 g/mol. The van der Waals surface area contributed by atoms with Crippen LogP contribution >= 0.6 is 0 Å². The summed E-state index contributed by atoms with van der Waals surface area (Å²) >= 11 is 0. The highest BCUT2D eigenvalue weighted by Crippen LogP contribution is 2.08. The Hall–Kier alpha value is -2.16. The number of nitrogens with zero attached hydrogens (tertiary/aromatic N) is 2. The molecule has 0 radical (unpaired) electrons. The normalized spacial score (nSPS) is 10.9. The Morgan fingerprint density at radius 3 is 2.87 bits per heavy atom. The Morgan fingerprint density at radius 1 is 1.07 bits per heavy atom. The second kappa shape index (κ2) is 2.92. The molecule has 2 aromatic heterocycles. The summed E-state index contributed by atoms with van der Waals surface area (Å²) in [6.07, 6.45) is 5.26. The van der Waals surface area contributed by atoms with Gasteiger partial charge in [0.25, 0.3) is 0 Å². The Morgan fingerprint density at radius 2 is 1.93 bits per heavy atom. The lowest BCUT2D eigenvalue weighted by molar-refractivity contribution is 1.20. The fraction of sp³-hybridized carbons (Fsp3) is 0. The van der Waals surface area contributed by atoms with Gasteiger partial charge >= 0.3 is 0 Å². The van der Waals surface area contributed by atoms with Gasteiger partial charge in [-0.1, -0.05) is 24.3 Å². The van der Waals surface area contributed by atoms with Crippen LogP contribution in [0.25, 0.3) is 16.4 Å². The summed E-state index contributed by atoms with van der Waals surface area (Å²) in [5.41, 5.74) is 0.441. The van der Waals surface area contributed by atoms with Crippen LogP contribution in [0.3, 0.4) is 0 Å². The molecule has 72 valence electrons. The first kappa shape index (κ1) is 8.17. The van der Waals surface area contributed by atoms with Gasteiger partial charge in [-0.15, -0.1) is 0 Å². The van der Waals surface area contributed by atoms with E-state index in [1.807, 2.05) is 36.5 Å². The molecule has 0 N–H and O–H groups in total. The van der Waals surface area contributed by atoms with Crippen LogP contribution in [0.1, 0.15) is 0 Å². The predicted octanol–water partition coefficient (Wildman–Crippen LogP) is 1.85. The maximum Gasteiger partial charge on any atom is 0.229 e. The second-order valence-electron chi connectivity index (χ2n) is 3.39. The van der Waals surface area contributed by atoms with Crippen molar-refractivity contribution < 1.29 is 0 Å². The summed E-state index contributed by atoms with van der Waals surface area (Å²) in [6, 6.07) is 9.46. The molecule has 15 heavy (non-hydrogen) atoms. The molecule has 0 unspecified atom stereocenters. The van der Waals surface area contributed by atoms with E-state index in [0.29, 0.717) is 11.0 Å². The minimum atomic E-state index is -0.0272. The molecule has 0 bridgehead atoms. The number of fused-ring (bicyclic) bond motifs is 2. The van der Waals surface area contributed by atoms with Crippen LogP contribution in [-0.2, 0) is 0 Å². The summed E-state index contributed by atoms with van der Waals surface area (Å²) in [7, 11) is 0. The molecule has 0 aliphatic carbocycles. The zero-order valence-corrected chi connectivity index (χ0v) is 7.92. The van der Waals surface area contributed by atoms with Gasteiger partial charge in [0.1, 0.15) is 0 Å². The summed E-state index contributed by atoms with van der Waals surface area (Å²) < 4.78 is 1.74. The zero-order chi connectivity index (χ0) is 10.3. The number of hydrogen-bond donors (Lipinski definition) is 0. The lowest BCUT2D eigenvalue weighted by Crippen LogP contribution is -2.00. The largest absolute Gasteiger partial charge is 0.304 e. The number of benzene rings is 1. The van der Waals surface area contributed by atoms with Gasteiger partial charge in [0.2, 0.25) is 5.43 Å². The Balaban J connectivity index is 2.71. The third-order valence-electron chi connectivity index (χ3n) is 2.49. The Bertz CT molecular complexity index is 700. The van der Waals surface area contributed by atoms with Crippen LogP contribution in [-0.4, -0.2) is 9.38 Å². The molecule has 0 fully saturated rings. The average Bonchev–Trinajstić information content (AvgIpc) is 2.69. The van der Waals surface area contributed by atoms with Crippen LogP contribution in [0.5, 0.6) is 0 Å². The molecule has 0 aliphatic heterocycles. The van der Waals surface area contributed by atoms with Crippen molar-refractivity contribution in [1.82, 2.24) is 9.38 Å². The van der Waals surface area contributed by atoms with E-state index in [1.165, 1.54) is 0 Å². The maximum absolute atomic E-state index is 12.1. The van der Waals surface area contributed by atoms with E-state index >= 15 is 0 Å². The van der Waals surface area contributed by atoms with Gasteiger partial charge in [-0.25, -0.2) is 4.98 Å². The minimum Gasteiger partial charge on any atom is -0.304 e. The molecule has 3 rings (SSSR count). The van der Waals surface area contributed by atoms with E-state index in [1.54, 1.807) is 16.8 Å². The third-order valence-corrected chi connectivity index (χ3v) is 2.49. The zero-order valence-electron chi connectivity index (χ0n) is 7.92. The van der Waals surface area contributed by atoms with Crippen LogP contribution in [0.4, 0.5) is 0 Å². The van der Waals surface area contributed by atoms with Crippen molar-refractivity contribution in [2.24, 2.45) is 0 Å². The van der Waals surface area contributed by atoms with Crippen molar-refractivity contribution in [3.05, 3.63) is 59.1 Å². The molecule has 0 amide bonds. The third kappa shape index (κ3) is 1.13. The van der Waals surface area contributed by atoms with Crippen molar-refractivity contribution in [1.29, 1.82) is 0 Å². The highest BCUT2D eigenvalue weighted by Gasteiger charge is 2.01. The molecule has 3 heteroatoms. The quantitative estimate of drug-likeness (QED) is 0.550. The molecule has 0 atom stereocenters. The van der Waals surface area contributed by atoms with Crippen LogP contribution in [0.2, 0.25) is 0 Å². The molecule has 0 spiro atoms.